The van der Waals surface area contributed by atoms with E-state index in [1.807, 2.05) is 24.3 Å². The largest absolute Gasteiger partial charge is 0.350 e. The number of carbonyl (C=O) groups excluding carboxylic acids is 2. The summed E-state index contributed by atoms with van der Waals surface area (Å²) in [6.45, 7) is 8.32. The zero-order valence-corrected chi connectivity index (χ0v) is 22.4. The highest BCUT2D eigenvalue weighted by Gasteiger charge is 2.22. The van der Waals surface area contributed by atoms with E-state index in [2.05, 4.69) is 36.4 Å². The van der Waals surface area contributed by atoms with Gasteiger partial charge in [0.05, 0.1) is 29.5 Å². The third-order valence-corrected chi connectivity index (χ3v) is 6.31. The van der Waals surface area contributed by atoms with E-state index in [1.54, 1.807) is 36.0 Å². The van der Waals surface area contributed by atoms with Gasteiger partial charge in [0.2, 0.25) is 5.91 Å². The van der Waals surface area contributed by atoms with Gasteiger partial charge in [-0.15, -0.1) is 0 Å². The lowest BCUT2D eigenvalue weighted by Crippen LogP contribution is -2.28. The molecular weight excluding hydrogens is 505 g/mol. The molecule has 2 heterocycles. The Labute approximate surface area is 226 Å². The van der Waals surface area contributed by atoms with Gasteiger partial charge in [-0.05, 0) is 67.1 Å². The molecule has 38 heavy (non-hydrogen) atoms. The number of pyridine rings is 1. The third-order valence-electron chi connectivity index (χ3n) is 6.08. The van der Waals surface area contributed by atoms with Crippen LogP contribution in [0.3, 0.4) is 0 Å². The monoisotopic (exact) mass is 533 g/mol. The molecule has 0 bridgehead atoms. The topological polar surface area (TPSA) is 88.9 Å². The van der Waals surface area contributed by atoms with Crippen LogP contribution in [0, 0.1) is 5.82 Å². The van der Waals surface area contributed by atoms with Gasteiger partial charge < -0.3 is 10.6 Å². The van der Waals surface area contributed by atoms with Gasteiger partial charge in [0.25, 0.3) is 5.91 Å². The molecule has 2 N–H and O–H groups in total. The van der Waals surface area contributed by atoms with E-state index >= 15 is 0 Å². The van der Waals surface area contributed by atoms with Crippen LogP contribution in [0.5, 0.6) is 0 Å². The minimum Gasteiger partial charge on any atom is -0.350 e. The summed E-state index contributed by atoms with van der Waals surface area (Å²) in [6.07, 6.45) is 1.55. The SMILES string of the molecule is CC(C(=O)NCc1cc(C(C)(C)C)nn1-c1cccc(Cl)c1)c1ccc(NC(=O)c2ccc(F)cc2)nc1. The van der Waals surface area contributed by atoms with E-state index in [9.17, 15) is 14.0 Å². The van der Waals surface area contributed by atoms with Crippen molar-refractivity contribution in [2.75, 3.05) is 5.32 Å². The first-order valence-corrected chi connectivity index (χ1v) is 12.5. The van der Waals surface area contributed by atoms with Gasteiger partial charge in [0, 0.05) is 22.2 Å². The van der Waals surface area contributed by atoms with Crippen molar-refractivity contribution in [3.8, 4) is 5.69 Å². The van der Waals surface area contributed by atoms with Gasteiger partial charge in [-0.2, -0.15) is 5.10 Å². The molecule has 0 saturated carbocycles. The standard InChI is InChI=1S/C29H29ClFN5O2/c1-18(20-10-13-26(32-16-20)34-28(38)19-8-11-22(31)12-9-19)27(37)33-17-24-15-25(29(2,3)4)35-36(24)23-7-5-6-21(30)14-23/h5-16,18H,17H2,1-4H3,(H,33,37)(H,32,34,38). The van der Waals surface area contributed by atoms with Crippen LogP contribution in [0.1, 0.15) is 60.9 Å². The highest BCUT2D eigenvalue weighted by Crippen LogP contribution is 2.25. The molecule has 196 valence electrons. The summed E-state index contributed by atoms with van der Waals surface area (Å²) in [5.74, 6) is -1.14. The summed E-state index contributed by atoms with van der Waals surface area (Å²) in [5, 5.41) is 11.0. The smallest absolute Gasteiger partial charge is 0.256 e. The molecule has 2 aromatic heterocycles. The van der Waals surface area contributed by atoms with Crippen LogP contribution in [0.15, 0.2) is 72.9 Å². The first kappa shape index (κ1) is 27.0. The molecule has 0 radical (unpaired) electrons. The summed E-state index contributed by atoms with van der Waals surface area (Å²) in [6, 6.07) is 18.0. The lowest BCUT2D eigenvalue weighted by molar-refractivity contribution is -0.122. The number of halogens is 2. The molecule has 7 nitrogen and oxygen atoms in total. The predicted molar refractivity (Wildman–Crippen MR) is 146 cm³/mol. The Balaban J connectivity index is 1.43. The fourth-order valence-corrected chi connectivity index (χ4v) is 3.94. The average Bonchev–Trinajstić information content (AvgIpc) is 3.33. The second-order valence-corrected chi connectivity index (χ2v) is 10.5. The van der Waals surface area contributed by atoms with Gasteiger partial charge in [-0.3, -0.25) is 9.59 Å². The number of amides is 2. The average molecular weight is 534 g/mol. The van der Waals surface area contributed by atoms with Gasteiger partial charge in [0.15, 0.2) is 0 Å². The Kier molecular flexibility index (Phi) is 7.92. The highest BCUT2D eigenvalue weighted by molar-refractivity contribution is 6.30. The van der Waals surface area contributed by atoms with Crippen LogP contribution in [0.2, 0.25) is 5.02 Å². The van der Waals surface area contributed by atoms with E-state index in [4.69, 9.17) is 16.7 Å². The van der Waals surface area contributed by atoms with Gasteiger partial charge >= 0.3 is 0 Å². The van der Waals surface area contributed by atoms with E-state index in [0.29, 0.717) is 22.0 Å². The number of nitrogens with one attached hydrogen (secondary N) is 2. The molecule has 4 aromatic rings. The van der Waals surface area contributed by atoms with Gasteiger partial charge in [0.1, 0.15) is 11.6 Å². The molecule has 1 atom stereocenters. The van der Waals surface area contributed by atoms with E-state index in [0.717, 1.165) is 17.1 Å². The molecule has 0 spiro atoms. The Morgan fingerprint density at radius 1 is 1.05 bits per heavy atom. The quantitative estimate of drug-likeness (QED) is 0.303. The second kappa shape index (κ2) is 11.1. The number of aromatic nitrogens is 3. The summed E-state index contributed by atoms with van der Waals surface area (Å²) in [5.41, 5.74) is 3.38. The molecule has 0 aliphatic heterocycles. The van der Waals surface area contributed by atoms with Crippen LogP contribution in [0.4, 0.5) is 10.2 Å². The molecule has 0 aliphatic rings. The molecule has 9 heteroatoms. The number of hydrogen-bond acceptors (Lipinski definition) is 4. The molecule has 2 aromatic carbocycles. The lowest BCUT2D eigenvalue weighted by Gasteiger charge is -2.14. The summed E-state index contributed by atoms with van der Waals surface area (Å²) >= 11 is 6.20. The number of carbonyl (C=O) groups is 2. The van der Waals surface area contributed by atoms with E-state index in [-0.39, 0.29) is 17.9 Å². The normalized spacial score (nSPS) is 12.2. The minimum absolute atomic E-state index is 0.171. The molecular formula is C29H29ClFN5O2. The Bertz CT molecular complexity index is 1440. The second-order valence-electron chi connectivity index (χ2n) is 10.0. The van der Waals surface area contributed by atoms with Crippen molar-refractivity contribution in [2.45, 2.75) is 45.6 Å². The maximum atomic E-state index is 13.1. The van der Waals surface area contributed by atoms with Crippen LogP contribution in [0.25, 0.3) is 5.69 Å². The zero-order chi connectivity index (χ0) is 27.4. The Morgan fingerprint density at radius 2 is 1.79 bits per heavy atom. The maximum absolute atomic E-state index is 13.1. The molecule has 4 rings (SSSR count). The third kappa shape index (κ3) is 6.44. The minimum atomic E-state index is -0.478. The number of anilines is 1. The summed E-state index contributed by atoms with van der Waals surface area (Å²) in [4.78, 5) is 29.6. The van der Waals surface area contributed by atoms with Crippen molar-refractivity contribution < 1.29 is 14.0 Å². The maximum Gasteiger partial charge on any atom is 0.256 e. The van der Waals surface area contributed by atoms with Crippen LogP contribution < -0.4 is 10.6 Å². The molecule has 0 saturated heterocycles. The lowest BCUT2D eigenvalue weighted by atomic mass is 9.92. The molecule has 0 aliphatic carbocycles. The fourth-order valence-electron chi connectivity index (χ4n) is 3.75. The predicted octanol–water partition coefficient (Wildman–Crippen LogP) is 6.03. The molecule has 2 amide bonds. The van der Waals surface area contributed by atoms with Crippen molar-refractivity contribution in [1.29, 1.82) is 0 Å². The molecule has 0 fully saturated rings. The van der Waals surface area contributed by atoms with Crippen molar-refractivity contribution in [2.24, 2.45) is 0 Å². The first-order chi connectivity index (χ1) is 18.0. The van der Waals surface area contributed by atoms with Gasteiger partial charge in [-0.1, -0.05) is 44.5 Å². The van der Waals surface area contributed by atoms with Gasteiger partial charge in [-0.25, -0.2) is 14.1 Å². The van der Waals surface area contributed by atoms with E-state index in [1.165, 1.54) is 24.3 Å². The van der Waals surface area contributed by atoms with Crippen LogP contribution in [-0.2, 0) is 16.8 Å². The van der Waals surface area contributed by atoms with Crippen molar-refractivity contribution in [1.82, 2.24) is 20.1 Å². The number of rotatable bonds is 7. The zero-order valence-electron chi connectivity index (χ0n) is 21.6. The van der Waals surface area contributed by atoms with Crippen molar-refractivity contribution in [3.63, 3.8) is 0 Å². The van der Waals surface area contributed by atoms with E-state index < -0.39 is 17.6 Å². The highest BCUT2D eigenvalue weighted by atomic mass is 35.5. The van der Waals surface area contributed by atoms with Crippen LogP contribution >= 0.6 is 11.6 Å². The first-order valence-electron chi connectivity index (χ1n) is 12.2. The number of nitrogens with zero attached hydrogens (tertiary/aromatic N) is 3. The van der Waals surface area contributed by atoms with Crippen LogP contribution in [-0.4, -0.2) is 26.6 Å². The van der Waals surface area contributed by atoms with Crippen molar-refractivity contribution in [3.05, 3.63) is 106 Å². The number of hydrogen-bond donors (Lipinski definition) is 2. The van der Waals surface area contributed by atoms with Crippen molar-refractivity contribution >= 4 is 29.2 Å². The fraction of sp³-hybridized carbons (Fsp3) is 0.241. The Morgan fingerprint density at radius 3 is 2.42 bits per heavy atom. The summed E-state index contributed by atoms with van der Waals surface area (Å²) < 4.78 is 14.9. The number of benzene rings is 2. The Hall–Kier alpha value is -4.04. The summed E-state index contributed by atoms with van der Waals surface area (Å²) in [7, 11) is 0. The molecule has 1 unspecified atom stereocenters.